The molecule has 0 aliphatic rings. The molecule has 4 nitrogen and oxygen atoms in total. The van der Waals surface area contributed by atoms with Crippen LogP contribution in [0.1, 0.15) is 5.56 Å². The number of pyridine rings is 2. The summed E-state index contributed by atoms with van der Waals surface area (Å²) in [4.78, 5) is 11.2. The zero-order valence-electron chi connectivity index (χ0n) is 10.9. The number of rotatable bonds is 2. The monoisotopic (exact) mass is 291 g/mol. The van der Waals surface area contributed by atoms with E-state index in [0.29, 0.717) is 16.6 Å². The molecule has 0 aliphatic carbocycles. The first-order valence-corrected chi connectivity index (χ1v) is 6.31. The van der Waals surface area contributed by atoms with Crippen molar-refractivity contribution in [3.8, 4) is 17.1 Å². The third-order valence-electron chi connectivity index (χ3n) is 3.19. The number of halogens is 2. The highest BCUT2D eigenvalue weighted by atomic mass is 35.5. The van der Waals surface area contributed by atoms with Gasteiger partial charge in [-0.25, -0.2) is 14.4 Å². The summed E-state index contributed by atoms with van der Waals surface area (Å²) in [5, 5.41) is 1.32. The average Bonchev–Trinajstić information content (AvgIpc) is 2.75. The summed E-state index contributed by atoms with van der Waals surface area (Å²) >= 11 is 5.88. The Bertz CT molecular complexity index is 800. The minimum Gasteiger partial charge on any atom is -0.481 e. The largest absolute Gasteiger partial charge is 0.481 e. The lowest BCUT2D eigenvalue weighted by Gasteiger charge is -2.06. The van der Waals surface area contributed by atoms with Gasteiger partial charge in [-0.1, -0.05) is 11.6 Å². The van der Waals surface area contributed by atoms with Crippen molar-refractivity contribution < 1.29 is 9.13 Å². The molecule has 1 N–H and O–H groups in total. The van der Waals surface area contributed by atoms with E-state index in [1.807, 2.05) is 6.92 Å². The molecule has 20 heavy (non-hydrogen) atoms. The second-order valence-corrected chi connectivity index (χ2v) is 4.78. The quantitative estimate of drug-likeness (QED) is 0.732. The SMILES string of the molecule is COc1ncc(F)cc1-c1[nH]c2cc(Cl)ncc2c1C. The lowest BCUT2D eigenvalue weighted by molar-refractivity contribution is 0.397. The van der Waals surface area contributed by atoms with Crippen molar-refractivity contribution in [2.45, 2.75) is 6.92 Å². The van der Waals surface area contributed by atoms with Crippen molar-refractivity contribution in [3.63, 3.8) is 0 Å². The number of nitrogens with zero attached hydrogens (tertiary/aromatic N) is 2. The molecule has 0 aromatic carbocycles. The minimum atomic E-state index is -0.421. The van der Waals surface area contributed by atoms with E-state index in [1.54, 1.807) is 12.3 Å². The molecular weight excluding hydrogens is 281 g/mol. The fourth-order valence-corrected chi connectivity index (χ4v) is 2.39. The molecule has 3 aromatic heterocycles. The van der Waals surface area contributed by atoms with Crippen LogP contribution in [0.3, 0.4) is 0 Å². The standard InChI is InChI=1S/C14H11ClFN3O/c1-7-10-6-17-12(15)4-11(10)19-13(7)9-3-8(16)5-18-14(9)20-2/h3-6,19H,1-2H3. The van der Waals surface area contributed by atoms with E-state index in [-0.39, 0.29) is 0 Å². The third-order valence-corrected chi connectivity index (χ3v) is 3.40. The smallest absolute Gasteiger partial charge is 0.222 e. The first kappa shape index (κ1) is 12.9. The fourth-order valence-electron chi connectivity index (χ4n) is 2.23. The lowest BCUT2D eigenvalue weighted by Crippen LogP contribution is -1.94. The van der Waals surface area contributed by atoms with Crippen LogP contribution in [0, 0.1) is 12.7 Å². The van der Waals surface area contributed by atoms with E-state index in [2.05, 4.69) is 15.0 Å². The third kappa shape index (κ3) is 2.00. The van der Waals surface area contributed by atoms with E-state index >= 15 is 0 Å². The number of aromatic amines is 1. The number of hydrogen-bond acceptors (Lipinski definition) is 3. The predicted molar refractivity (Wildman–Crippen MR) is 75.6 cm³/mol. The van der Waals surface area contributed by atoms with Gasteiger partial charge in [-0.3, -0.25) is 0 Å². The molecule has 3 heterocycles. The average molecular weight is 292 g/mol. The van der Waals surface area contributed by atoms with Gasteiger partial charge in [-0.15, -0.1) is 0 Å². The summed E-state index contributed by atoms with van der Waals surface area (Å²) in [6.07, 6.45) is 2.81. The van der Waals surface area contributed by atoms with E-state index < -0.39 is 5.82 Å². The van der Waals surface area contributed by atoms with E-state index in [1.165, 1.54) is 13.2 Å². The molecule has 0 saturated carbocycles. The summed E-state index contributed by atoms with van der Waals surface area (Å²) in [5.41, 5.74) is 3.09. The van der Waals surface area contributed by atoms with E-state index in [0.717, 1.165) is 28.4 Å². The molecule has 0 amide bonds. The summed E-state index contributed by atoms with van der Waals surface area (Å²) < 4.78 is 18.6. The number of H-pyrrole nitrogens is 1. The first-order valence-electron chi connectivity index (χ1n) is 5.94. The van der Waals surface area contributed by atoms with Crippen LogP contribution in [0.5, 0.6) is 5.88 Å². The van der Waals surface area contributed by atoms with Gasteiger partial charge in [0.25, 0.3) is 0 Å². The van der Waals surface area contributed by atoms with Gasteiger partial charge in [0.1, 0.15) is 11.0 Å². The number of aryl methyl sites for hydroxylation is 1. The molecule has 0 radical (unpaired) electrons. The van der Waals surface area contributed by atoms with Crippen LogP contribution in [0.2, 0.25) is 5.15 Å². The van der Waals surface area contributed by atoms with Crippen molar-refractivity contribution in [2.24, 2.45) is 0 Å². The Labute approximate surface area is 119 Å². The molecule has 102 valence electrons. The Morgan fingerprint density at radius 3 is 2.80 bits per heavy atom. The van der Waals surface area contributed by atoms with Crippen LogP contribution in [-0.4, -0.2) is 22.1 Å². The number of aromatic nitrogens is 3. The summed E-state index contributed by atoms with van der Waals surface area (Å²) in [7, 11) is 1.50. The molecule has 0 fully saturated rings. The minimum absolute atomic E-state index is 0.361. The molecule has 0 unspecified atom stereocenters. The van der Waals surface area contributed by atoms with Gasteiger partial charge in [-0.2, -0.15) is 0 Å². The van der Waals surface area contributed by atoms with E-state index in [9.17, 15) is 4.39 Å². The van der Waals surface area contributed by atoms with Gasteiger partial charge in [0.05, 0.1) is 30.1 Å². The van der Waals surface area contributed by atoms with Gasteiger partial charge in [0.15, 0.2) is 0 Å². The Kier molecular flexibility index (Phi) is 3.06. The Balaban J connectivity index is 2.29. The molecule has 0 atom stereocenters. The second-order valence-electron chi connectivity index (χ2n) is 4.39. The first-order chi connectivity index (χ1) is 9.60. The second kappa shape index (κ2) is 4.76. The number of ether oxygens (including phenoxy) is 1. The molecule has 3 aromatic rings. The lowest BCUT2D eigenvalue weighted by atomic mass is 10.1. The maximum atomic E-state index is 13.5. The normalized spacial score (nSPS) is 11.0. The summed E-state index contributed by atoms with van der Waals surface area (Å²) in [6, 6.07) is 3.12. The zero-order valence-corrected chi connectivity index (χ0v) is 11.6. The Morgan fingerprint density at radius 2 is 2.05 bits per heavy atom. The predicted octanol–water partition coefficient (Wildman–Crippen LogP) is 3.73. The van der Waals surface area contributed by atoms with Gasteiger partial charge in [0, 0.05) is 11.6 Å². The zero-order chi connectivity index (χ0) is 14.3. The Morgan fingerprint density at radius 1 is 1.25 bits per heavy atom. The maximum Gasteiger partial charge on any atom is 0.222 e. The van der Waals surface area contributed by atoms with Gasteiger partial charge in [-0.05, 0) is 24.6 Å². The van der Waals surface area contributed by atoms with Crippen molar-refractivity contribution in [1.82, 2.24) is 15.0 Å². The molecule has 0 aliphatic heterocycles. The van der Waals surface area contributed by atoms with Crippen molar-refractivity contribution in [3.05, 3.63) is 41.1 Å². The van der Waals surface area contributed by atoms with Crippen LogP contribution in [0.25, 0.3) is 22.2 Å². The van der Waals surface area contributed by atoms with Crippen molar-refractivity contribution >= 4 is 22.5 Å². The van der Waals surface area contributed by atoms with Crippen molar-refractivity contribution in [1.29, 1.82) is 0 Å². The van der Waals surface area contributed by atoms with Crippen LogP contribution in [0.15, 0.2) is 24.5 Å². The highest BCUT2D eigenvalue weighted by Gasteiger charge is 2.16. The topological polar surface area (TPSA) is 50.8 Å². The number of fused-ring (bicyclic) bond motifs is 1. The fraction of sp³-hybridized carbons (Fsp3) is 0.143. The Hall–Kier alpha value is -2.14. The molecule has 0 bridgehead atoms. The molecule has 3 rings (SSSR count). The van der Waals surface area contributed by atoms with Gasteiger partial charge in [0.2, 0.25) is 5.88 Å². The highest BCUT2D eigenvalue weighted by Crippen LogP contribution is 2.34. The number of hydrogen-bond donors (Lipinski definition) is 1. The van der Waals surface area contributed by atoms with E-state index in [4.69, 9.17) is 16.3 Å². The van der Waals surface area contributed by atoms with Crippen LogP contribution in [-0.2, 0) is 0 Å². The van der Waals surface area contributed by atoms with Crippen LogP contribution >= 0.6 is 11.6 Å². The molecule has 0 spiro atoms. The summed E-state index contributed by atoms with van der Waals surface area (Å²) in [5.74, 6) is -0.0601. The molecule has 0 saturated heterocycles. The van der Waals surface area contributed by atoms with Gasteiger partial charge >= 0.3 is 0 Å². The van der Waals surface area contributed by atoms with Gasteiger partial charge < -0.3 is 9.72 Å². The van der Waals surface area contributed by atoms with Crippen molar-refractivity contribution in [2.75, 3.05) is 7.11 Å². The molecular formula is C14H11ClFN3O. The van der Waals surface area contributed by atoms with Crippen LogP contribution < -0.4 is 4.74 Å². The number of methoxy groups -OCH3 is 1. The highest BCUT2D eigenvalue weighted by molar-refractivity contribution is 6.30. The number of nitrogens with one attached hydrogen (secondary N) is 1. The maximum absolute atomic E-state index is 13.5. The summed E-state index contributed by atoms with van der Waals surface area (Å²) in [6.45, 7) is 1.92. The molecule has 6 heteroatoms. The van der Waals surface area contributed by atoms with Crippen LogP contribution in [0.4, 0.5) is 4.39 Å².